The van der Waals surface area contributed by atoms with E-state index in [1.165, 1.54) is 0 Å². The fraction of sp³-hybridized carbons (Fsp3) is 0. The van der Waals surface area contributed by atoms with Gasteiger partial charge in [-0.1, -0.05) is 0 Å². The minimum Gasteiger partial charge on any atom is -0.282 e. The lowest BCUT2D eigenvalue weighted by Crippen LogP contribution is -2.03. The standard InChI is InChI=1S/C6H4N2O5S/c7-4-1-2-5(8(9)10)6(3-4)14(11,12)13/h1-3H,(H,11,12,13). The van der Waals surface area contributed by atoms with E-state index in [-0.39, 0.29) is 0 Å². The third kappa shape index (κ3) is 1.98. The summed E-state index contributed by atoms with van der Waals surface area (Å²) in [7, 11) is -4.70. The smallest absolute Gasteiger partial charge is 0.282 e. The number of benzene rings is 1. The third-order valence-electron chi connectivity index (χ3n) is 1.42. The molecule has 2 radical (unpaired) electrons. The van der Waals surface area contributed by atoms with Crippen LogP contribution < -0.4 is 5.73 Å². The SMILES string of the molecule is [N]c1ccc([N+](=O)[O-])c(S(=O)(=O)O)c1. The second-order valence-corrected chi connectivity index (χ2v) is 3.77. The Kier molecular flexibility index (Phi) is 2.41. The molecule has 0 aromatic heterocycles. The van der Waals surface area contributed by atoms with Gasteiger partial charge in [-0.2, -0.15) is 14.2 Å². The molecule has 0 heterocycles. The van der Waals surface area contributed by atoms with Gasteiger partial charge in [0, 0.05) is 6.07 Å². The van der Waals surface area contributed by atoms with E-state index in [0.29, 0.717) is 6.07 Å². The van der Waals surface area contributed by atoms with Crippen molar-refractivity contribution < 1.29 is 17.9 Å². The molecule has 0 saturated carbocycles. The summed E-state index contributed by atoms with van der Waals surface area (Å²) in [5, 5.41) is 10.3. The Bertz CT molecular complexity index is 481. The quantitative estimate of drug-likeness (QED) is 0.439. The maximum absolute atomic E-state index is 10.7. The largest absolute Gasteiger partial charge is 0.301 e. The molecule has 0 aliphatic carbocycles. The highest BCUT2D eigenvalue weighted by Crippen LogP contribution is 2.25. The van der Waals surface area contributed by atoms with E-state index in [1.54, 1.807) is 0 Å². The van der Waals surface area contributed by atoms with Gasteiger partial charge in [0.15, 0.2) is 4.90 Å². The average molecular weight is 216 g/mol. The van der Waals surface area contributed by atoms with Gasteiger partial charge in [-0.25, -0.2) is 0 Å². The first kappa shape index (κ1) is 10.4. The molecule has 0 bridgehead atoms. The predicted molar refractivity (Wildman–Crippen MR) is 44.7 cm³/mol. The monoisotopic (exact) mass is 216 g/mol. The number of rotatable bonds is 2. The summed E-state index contributed by atoms with van der Waals surface area (Å²) >= 11 is 0. The van der Waals surface area contributed by atoms with Gasteiger partial charge in [0.1, 0.15) is 0 Å². The molecule has 0 spiro atoms. The molecule has 74 valence electrons. The van der Waals surface area contributed by atoms with Crippen LogP contribution in [-0.2, 0) is 10.1 Å². The molecule has 0 amide bonds. The van der Waals surface area contributed by atoms with Crippen LogP contribution in [0, 0.1) is 10.1 Å². The van der Waals surface area contributed by atoms with Crippen LogP contribution in [-0.4, -0.2) is 17.9 Å². The molecule has 8 heteroatoms. The van der Waals surface area contributed by atoms with Gasteiger partial charge in [-0.05, 0) is 12.1 Å². The van der Waals surface area contributed by atoms with Crippen LogP contribution in [0.3, 0.4) is 0 Å². The number of nitro groups is 1. The van der Waals surface area contributed by atoms with E-state index in [4.69, 9.17) is 10.3 Å². The number of nitrogens with zero attached hydrogens (tertiary/aromatic N) is 2. The van der Waals surface area contributed by atoms with Gasteiger partial charge in [0.25, 0.3) is 5.69 Å². The van der Waals surface area contributed by atoms with Crippen LogP contribution in [0.2, 0.25) is 0 Å². The fourth-order valence-electron chi connectivity index (χ4n) is 0.860. The highest BCUT2D eigenvalue weighted by Gasteiger charge is 2.23. The van der Waals surface area contributed by atoms with E-state index in [0.717, 1.165) is 12.1 Å². The summed E-state index contributed by atoms with van der Waals surface area (Å²) in [6.45, 7) is 0. The molecule has 0 saturated heterocycles. The summed E-state index contributed by atoms with van der Waals surface area (Å²) in [4.78, 5) is 8.43. The summed E-state index contributed by atoms with van der Waals surface area (Å²) in [6, 6.07) is 2.35. The summed E-state index contributed by atoms with van der Waals surface area (Å²) in [5.74, 6) is 0. The molecule has 14 heavy (non-hydrogen) atoms. The van der Waals surface area contributed by atoms with Gasteiger partial charge in [0.2, 0.25) is 0 Å². The number of nitro benzene ring substituents is 1. The van der Waals surface area contributed by atoms with Crippen LogP contribution in [0.4, 0.5) is 11.4 Å². The molecule has 1 aromatic carbocycles. The molecule has 7 nitrogen and oxygen atoms in total. The number of hydrogen-bond acceptors (Lipinski definition) is 4. The van der Waals surface area contributed by atoms with Gasteiger partial charge in [0.05, 0.1) is 10.6 Å². The Morgan fingerprint density at radius 2 is 2.00 bits per heavy atom. The van der Waals surface area contributed by atoms with Crippen molar-refractivity contribution in [1.82, 2.24) is 5.73 Å². The van der Waals surface area contributed by atoms with E-state index in [9.17, 15) is 18.5 Å². The van der Waals surface area contributed by atoms with Crippen LogP contribution in [0.25, 0.3) is 0 Å². The molecule has 0 aliphatic rings. The second-order valence-electron chi connectivity index (χ2n) is 2.38. The molecule has 0 unspecified atom stereocenters. The lowest BCUT2D eigenvalue weighted by Gasteiger charge is -1.98. The molecule has 1 rings (SSSR count). The van der Waals surface area contributed by atoms with Gasteiger partial charge >= 0.3 is 10.1 Å². The van der Waals surface area contributed by atoms with E-state index < -0.39 is 31.3 Å². The van der Waals surface area contributed by atoms with Gasteiger partial charge in [-0.15, -0.1) is 0 Å². The Balaban J connectivity index is 3.54. The Morgan fingerprint density at radius 3 is 2.43 bits per heavy atom. The van der Waals surface area contributed by atoms with Crippen molar-refractivity contribution in [3.63, 3.8) is 0 Å². The number of hydrogen-bond donors (Lipinski definition) is 1. The molecule has 0 fully saturated rings. The van der Waals surface area contributed by atoms with Crippen LogP contribution in [0.15, 0.2) is 23.1 Å². The highest BCUT2D eigenvalue weighted by atomic mass is 32.2. The first-order valence-electron chi connectivity index (χ1n) is 3.27. The van der Waals surface area contributed by atoms with Crippen LogP contribution in [0.1, 0.15) is 0 Å². The molecular formula is C6H4N2O5S. The van der Waals surface area contributed by atoms with Crippen LogP contribution in [0.5, 0.6) is 0 Å². The molecule has 0 aliphatic heterocycles. The maximum atomic E-state index is 10.7. The minimum atomic E-state index is -4.70. The van der Waals surface area contributed by atoms with E-state index >= 15 is 0 Å². The Morgan fingerprint density at radius 1 is 1.43 bits per heavy atom. The summed E-state index contributed by atoms with van der Waals surface area (Å²) < 4.78 is 29.9. The van der Waals surface area contributed by atoms with E-state index in [2.05, 4.69) is 0 Å². The van der Waals surface area contributed by atoms with Crippen molar-refractivity contribution in [2.45, 2.75) is 4.90 Å². The van der Waals surface area contributed by atoms with Gasteiger partial charge < -0.3 is 0 Å². The summed E-state index contributed by atoms with van der Waals surface area (Å²) in [6.07, 6.45) is 0. The first-order valence-corrected chi connectivity index (χ1v) is 4.71. The van der Waals surface area contributed by atoms with Crippen molar-refractivity contribution in [3.05, 3.63) is 28.3 Å². The van der Waals surface area contributed by atoms with E-state index in [1.807, 2.05) is 0 Å². The van der Waals surface area contributed by atoms with Crippen molar-refractivity contribution in [1.29, 1.82) is 0 Å². The third-order valence-corrected chi connectivity index (χ3v) is 2.30. The van der Waals surface area contributed by atoms with Crippen molar-refractivity contribution in [2.75, 3.05) is 0 Å². The minimum absolute atomic E-state index is 0.483. The molecular weight excluding hydrogens is 212 g/mol. The lowest BCUT2D eigenvalue weighted by atomic mass is 10.3. The fourth-order valence-corrected chi connectivity index (χ4v) is 1.54. The van der Waals surface area contributed by atoms with Gasteiger partial charge in [-0.3, -0.25) is 14.7 Å². The Labute approximate surface area is 79.1 Å². The summed E-state index contributed by atoms with van der Waals surface area (Å²) in [5.41, 5.74) is 7.61. The molecule has 1 aromatic rings. The van der Waals surface area contributed by atoms with Crippen molar-refractivity contribution >= 4 is 21.5 Å². The average Bonchev–Trinajstić information content (AvgIpc) is 2.01. The van der Waals surface area contributed by atoms with Crippen molar-refractivity contribution in [3.8, 4) is 0 Å². The first-order chi connectivity index (χ1) is 6.32. The maximum Gasteiger partial charge on any atom is 0.301 e. The van der Waals surface area contributed by atoms with Crippen molar-refractivity contribution in [2.24, 2.45) is 0 Å². The lowest BCUT2D eigenvalue weighted by molar-refractivity contribution is -0.387. The topological polar surface area (TPSA) is 120 Å². The molecule has 0 atom stereocenters. The predicted octanol–water partition coefficient (Wildman–Crippen LogP) is 0.542. The Hall–Kier alpha value is -1.67. The second kappa shape index (κ2) is 3.24. The van der Waals surface area contributed by atoms with Crippen LogP contribution >= 0.6 is 0 Å². The normalized spacial score (nSPS) is 11.2. The molecule has 1 N–H and O–H groups in total. The zero-order chi connectivity index (χ0) is 10.9. The highest BCUT2D eigenvalue weighted by molar-refractivity contribution is 7.86. The zero-order valence-corrected chi connectivity index (χ0v) is 7.43. The zero-order valence-electron chi connectivity index (χ0n) is 6.61.